The first-order chi connectivity index (χ1) is 13.2. The fourth-order valence-corrected chi connectivity index (χ4v) is 4.41. The highest BCUT2D eigenvalue weighted by atomic mass is 35.5. The second kappa shape index (κ2) is 8.01. The van der Waals surface area contributed by atoms with Crippen molar-refractivity contribution in [3.05, 3.63) is 52.7 Å². The molecule has 1 aliphatic heterocycles. The van der Waals surface area contributed by atoms with Crippen molar-refractivity contribution in [3.63, 3.8) is 0 Å². The van der Waals surface area contributed by atoms with E-state index in [4.69, 9.17) is 16.3 Å². The van der Waals surface area contributed by atoms with E-state index in [0.717, 1.165) is 53.3 Å². The van der Waals surface area contributed by atoms with Gasteiger partial charge in [0.05, 0.1) is 11.6 Å². The highest BCUT2D eigenvalue weighted by Crippen LogP contribution is 2.36. The number of likely N-dealkylation sites (tertiary alicyclic amines) is 1. The molecule has 1 aromatic heterocycles. The molecule has 0 spiro atoms. The van der Waals surface area contributed by atoms with Gasteiger partial charge in [-0.3, -0.25) is 5.10 Å². The molecule has 1 aliphatic rings. The van der Waals surface area contributed by atoms with Gasteiger partial charge >= 0.3 is 0 Å². The number of halogens is 1. The van der Waals surface area contributed by atoms with Crippen LogP contribution in [0.15, 0.2) is 36.5 Å². The minimum absolute atomic E-state index is 0.642. The molecule has 1 N–H and O–H groups in total. The molecule has 1 saturated heterocycles. The van der Waals surface area contributed by atoms with Crippen LogP contribution in [-0.4, -0.2) is 48.4 Å². The number of aromatic nitrogens is 2. The molecule has 0 aliphatic carbocycles. The lowest BCUT2D eigenvalue weighted by Gasteiger charge is -2.32. The van der Waals surface area contributed by atoms with Crippen LogP contribution in [-0.2, 0) is 4.74 Å². The van der Waals surface area contributed by atoms with Crippen molar-refractivity contribution in [3.8, 4) is 11.1 Å². The van der Waals surface area contributed by atoms with E-state index in [1.54, 1.807) is 7.11 Å². The summed E-state index contributed by atoms with van der Waals surface area (Å²) >= 11 is 6.64. The first-order valence-electron chi connectivity index (χ1n) is 9.61. The molecule has 27 heavy (non-hydrogen) atoms. The van der Waals surface area contributed by atoms with Crippen molar-refractivity contribution in [1.82, 2.24) is 15.1 Å². The number of piperidine rings is 1. The van der Waals surface area contributed by atoms with Crippen molar-refractivity contribution < 1.29 is 4.74 Å². The van der Waals surface area contributed by atoms with Gasteiger partial charge in [-0.05, 0) is 61.5 Å². The molecule has 0 amide bonds. The van der Waals surface area contributed by atoms with Crippen molar-refractivity contribution in [2.24, 2.45) is 0 Å². The van der Waals surface area contributed by atoms with Crippen molar-refractivity contribution in [2.45, 2.75) is 25.7 Å². The molecular formula is C22H26ClN3O. The Kier molecular flexibility index (Phi) is 5.48. The van der Waals surface area contributed by atoms with Gasteiger partial charge in [0.2, 0.25) is 0 Å². The van der Waals surface area contributed by atoms with Gasteiger partial charge in [0, 0.05) is 30.8 Å². The first kappa shape index (κ1) is 18.5. The van der Waals surface area contributed by atoms with Crippen LogP contribution < -0.4 is 0 Å². The van der Waals surface area contributed by atoms with Gasteiger partial charge in [-0.25, -0.2) is 0 Å². The van der Waals surface area contributed by atoms with E-state index >= 15 is 0 Å². The number of benzene rings is 2. The number of aryl methyl sites for hydroxylation is 1. The van der Waals surface area contributed by atoms with Crippen LogP contribution in [0.2, 0.25) is 5.02 Å². The number of hydrogen-bond acceptors (Lipinski definition) is 3. The summed E-state index contributed by atoms with van der Waals surface area (Å²) in [4.78, 5) is 2.50. The summed E-state index contributed by atoms with van der Waals surface area (Å²) in [5.41, 5.74) is 5.66. The Balaban J connectivity index is 1.51. The Morgan fingerprint density at radius 1 is 1.22 bits per heavy atom. The third kappa shape index (κ3) is 3.75. The Hall–Kier alpha value is -1.88. The molecule has 4 rings (SSSR count). The van der Waals surface area contributed by atoms with Crippen molar-refractivity contribution in [1.29, 1.82) is 0 Å². The monoisotopic (exact) mass is 383 g/mol. The third-order valence-electron chi connectivity index (χ3n) is 5.76. The minimum Gasteiger partial charge on any atom is -0.383 e. The number of rotatable bonds is 5. The van der Waals surface area contributed by atoms with Crippen LogP contribution in [0.1, 0.15) is 29.9 Å². The zero-order valence-corrected chi connectivity index (χ0v) is 16.7. The lowest BCUT2D eigenvalue weighted by molar-refractivity contribution is 0.130. The number of nitrogens with one attached hydrogen (secondary N) is 1. The number of nitrogens with zero attached hydrogens (tertiary/aromatic N) is 2. The maximum absolute atomic E-state index is 6.64. The van der Waals surface area contributed by atoms with Gasteiger partial charge in [0.15, 0.2) is 0 Å². The highest BCUT2D eigenvalue weighted by molar-refractivity contribution is 6.38. The number of fused-ring (bicyclic) bond motifs is 1. The topological polar surface area (TPSA) is 41.1 Å². The molecule has 0 radical (unpaired) electrons. The van der Waals surface area contributed by atoms with E-state index in [1.165, 1.54) is 24.0 Å². The Morgan fingerprint density at radius 3 is 2.67 bits per heavy atom. The smallest absolute Gasteiger partial charge is 0.112 e. The summed E-state index contributed by atoms with van der Waals surface area (Å²) in [6, 6.07) is 11.1. The summed E-state index contributed by atoms with van der Waals surface area (Å²) in [6.07, 6.45) is 4.33. The van der Waals surface area contributed by atoms with Crippen molar-refractivity contribution >= 4 is 22.5 Å². The molecule has 4 nitrogen and oxygen atoms in total. The van der Waals surface area contributed by atoms with Gasteiger partial charge in [-0.15, -0.1) is 0 Å². The van der Waals surface area contributed by atoms with Crippen LogP contribution in [0.5, 0.6) is 0 Å². The summed E-state index contributed by atoms with van der Waals surface area (Å²) in [5, 5.41) is 9.04. The van der Waals surface area contributed by atoms with E-state index in [9.17, 15) is 0 Å². The fourth-order valence-electron chi connectivity index (χ4n) is 4.10. The van der Waals surface area contributed by atoms with E-state index < -0.39 is 0 Å². The van der Waals surface area contributed by atoms with Gasteiger partial charge in [-0.1, -0.05) is 35.9 Å². The summed E-state index contributed by atoms with van der Waals surface area (Å²) < 4.78 is 5.19. The van der Waals surface area contributed by atoms with E-state index in [0.29, 0.717) is 5.92 Å². The number of hydrogen-bond donors (Lipinski definition) is 1. The van der Waals surface area contributed by atoms with Gasteiger partial charge < -0.3 is 9.64 Å². The molecule has 0 bridgehead atoms. The maximum Gasteiger partial charge on any atom is 0.112 e. The summed E-state index contributed by atoms with van der Waals surface area (Å²) in [5.74, 6) is 0.642. The third-order valence-corrected chi connectivity index (χ3v) is 6.15. The van der Waals surface area contributed by atoms with Gasteiger partial charge in [-0.2, -0.15) is 5.10 Å². The molecule has 142 valence electrons. The number of ether oxygens (including phenoxy) is 1. The van der Waals surface area contributed by atoms with Crippen LogP contribution >= 0.6 is 11.6 Å². The quantitative estimate of drug-likeness (QED) is 0.672. The van der Waals surface area contributed by atoms with E-state index in [1.807, 2.05) is 6.20 Å². The van der Waals surface area contributed by atoms with Gasteiger partial charge in [0.25, 0.3) is 0 Å². The first-order valence-corrected chi connectivity index (χ1v) is 9.99. The molecule has 5 heteroatoms. The summed E-state index contributed by atoms with van der Waals surface area (Å²) in [6.45, 7) is 6.26. The zero-order chi connectivity index (χ0) is 18.8. The average Bonchev–Trinajstić information content (AvgIpc) is 3.21. The molecule has 0 saturated carbocycles. The Bertz CT molecular complexity index is 911. The molecule has 0 unspecified atom stereocenters. The number of methoxy groups -OCH3 is 1. The lowest BCUT2D eigenvalue weighted by atomic mass is 9.88. The molecule has 0 atom stereocenters. The molecule has 2 aromatic carbocycles. The van der Waals surface area contributed by atoms with Gasteiger partial charge in [0.1, 0.15) is 5.52 Å². The molecule has 3 aromatic rings. The van der Waals surface area contributed by atoms with Crippen LogP contribution in [0.4, 0.5) is 0 Å². The zero-order valence-electron chi connectivity index (χ0n) is 16.0. The SMILES string of the molecule is COCCN1CCC(c2ccc(-c3cc(C)c4c[nH]nc4c3Cl)cc2)CC1. The molecular weight excluding hydrogens is 358 g/mol. The number of H-pyrrole nitrogens is 1. The van der Waals surface area contributed by atoms with Crippen LogP contribution in [0.25, 0.3) is 22.0 Å². The molecule has 2 heterocycles. The lowest BCUT2D eigenvalue weighted by Crippen LogP contribution is -2.35. The van der Waals surface area contributed by atoms with E-state index in [-0.39, 0.29) is 0 Å². The largest absolute Gasteiger partial charge is 0.383 e. The van der Waals surface area contributed by atoms with Crippen molar-refractivity contribution in [2.75, 3.05) is 33.4 Å². The minimum atomic E-state index is 0.642. The Labute approximate surface area is 165 Å². The highest BCUT2D eigenvalue weighted by Gasteiger charge is 2.20. The maximum atomic E-state index is 6.64. The number of aromatic amines is 1. The predicted molar refractivity (Wildman–Crippen MR) is 112 cm³/mol. The average molecular weight is 384 g/mol. The summed E-state index contributed by atoms with van der Waals surface area (Å²) in [7, 11) is 1.77. The van der Waals surface area contributed by atoms with Crippen LogP contribution in [0, 0.1) is 6.92 Å². The standard InChI is InChI=1S/C22H26ClN3O/c1-15-13-19(21(23)22-20(15)14-24-25-22)18-5-3-16(4-6-18)17-7-9-26(10-8-17)11-12-27-2/h3-6,13-14,17H,7-12H2,1-2H3,(H,24,25). The fraction of sp³-hybridized carbons (Fsp3) is 0.409. The van der Waals surface area contributed by atoms with Crippen LogP contribution in [0.3, 0.4) is 0 Å². The molecule has 1 fully saturated rings. The normalized spacial score (nSPS) is 16.3. The van der Waals surface area contributed by atoms with E-state index in [2.05, 4.69) is 52.4 Å². The predicted octanol–water partition coefficient (Wildman–Crippen LogP) is 5.02. The Morgan fingerprint density at radius 2 is 1.96 bits per heavy atom. The second-order valence-electron chi connectivity index (χ2n) is 7.43. The second-order valence-corrected chi connectivity index (χ2v) is 7.81.